The van der Waals surface area contributed by atoms with E-state index in [-0.39, 0.29) is 11.8 Å². The number of ether oxygens (including phenoxy) is 1. The second-order valence-corrected chi connectivity index (χ2v) is 7.63. The first-order valence-electron chi connectivity index (χ1n) is 10.9. The van der Waals surface area contributed by atoms with E-state index in [4.69, 9.17) is 9.15 Å². The van der Waals surface area contributed by atoms with Crippen LogP contribution in [0.25, 0.3) is 0 Å². The van der Waals surface area contributed by atoms with Gasteiger partial charge in [-0.05, 0) is 61.0 Å². The van der Waals surface area contributed by atoms with Crippen molar-refractivity contribution >= 4 is 23.2 Å². The highest BCUT2D eigenvalue weighted by atomic mass is 16.5. The van der Waals surface area contributed by atoms with Gasteiger partial charge in [0, 0.05) is 43.1 Å². The van der Waals surface area contributed by atoms with Crippen LogP contribution in [0.2, 0.25) is 0 Å². The predicted molar refractivity (Wildman–Crippen MR) is 123 cm³/mol. The number of rotatable bonds is 7. The van der Waals surface area contributed by atoms with Crippen molar-refractivity contribution < 1.29 is 18.7 Å². The van der Waals surface area contributed by atoms with E-state index in [1.165, 1.54) is 6.26 Å². The first-order valence-corrected chi connectivity index (χ1v) is 10.9. The van der Waals surface area contributed by atoms with Crippen LogP contribution in [0, 0.1) is 0 Å². The fraction of sp³-hybridized carbons (Fsp3) is 0.280. The van der Waals surface area contributed by atoms with Crippen LogP contribution < -0.4 is 15.0 Å². The standard InChI is InChI=1S/C25H27N3O4/c1-2-16-31-22-6-3-5-19(18-22)24(29)26-20-8-10-21(11-9-20)27-12-14-28(15-13-27)25(30)23-7-4-17-32-23/h3-11,17-18H,2,12-16H2,1H3,(H,26,29). The number of furan rings is 1. The van der Waals surface area contributed by atoms with Gasteiger partial charge in [-0.2, -0.15) is 0 Å². The third-order valence-corrected chi connectivity index (χ3v) is 5.36. The number of piperazine rings is 1. The molecule has 2 aromatic carbocycles. The van der Waals surface area contributed by atoms with E-state index in [9.17, 15) is 9.59 Å². The van der Waals surface area contributed by atoms with Crippen LogP contribution in [0.15, 0.2) is 71.3 Å². The van der Waals surface area contributed by atoms with Crippen LogP contribution in [0.1, 0.15) is 34.3 Å². The molecule has 1 N–H and O–H groups in total. The molecule has 0 radical (unpaired) electrons. The molecule has 0 bridgehead atoms. The summed E-state index contributed by atoms with van der Waals surface area (Å²) < 4.78 is 10.8. The Kier molecular flexibility index (Phi) is 6.75. The maximum atomic E-state index is 12.6. The number of anilines is 2. The predicted octanol–water partition coefficient (Wildman–Crippen LogP) is 4.28. The minimum Gasteiger partial charge on any atom is -0.494 e. The van der Waals surface area contributed by atoms with Gasteiger partial charge in [0.05, 0.1) is 12.9 Å². The lowest BCUT2D eigenvalue weighted by Gasteiger charge is -2.35. The SMILES string of the molecule is CCCOc1cccc(C(=O)Nc2ccc(N3CCN(C(=O)c4ccco4)CC3)cc2)c1. The summed E-state index contributed by atoms with van der Waals surface area (Å²) >= 11 is 0. The summed E-state index contributed by atoms with van der Waals surface area (Å²) in [5.41, 5.74) is 2.34. The normalized spacial score (nSPS) is 13.7. The second-order valence-electron chi connectivity index (χ2n) is 7.63. The Balaban J connectivity index is 1.32. The van der Waals surface area contributed by atoms with E-state index >= 15 is 0 Å². The minimum absolute atomic E-state index is 0.0723. The number of benzene rings is 2. The van der Waals surface area contributed by atoms with Crippen LogP contribution >= 0.6 is 0 Å². The molecule has 2 heterocycles. The maximum Gasteiger partial charge on any atom is 0.289 e. The summed E-state index contributed by atoms with van der Waals surface area (Å²) in [5.74, 6) is 0.821. The molecule has 7 nitrogen and oxygen atoms in total. The molecule has 3 aromatic rings. The van der Waals surface area contributed by atoms with Crippen molar-refractivity contribution in [3.63, 3.8) is 0 Å². The first-order chi connectivity index (χ1) is 15.6. The van der Waals surface area contributed by atoms with Crippen LogP contribution in [0.3, 0.4) is 0 Å². The molecule has 0 atom stereocenters. The zero-order valence-corrected chi connectivity index (χ0v) is 18.1. The fourth-order valence-electron chi connectivity index (χ4n) is 3.63. The molecular weight excluding hydrogens is 406 g/mol. The van der Waals surface area contributed by atoms with Crippen LogP contribution in [-0.4, -0.2) is 49.5 Å². The number of carbonyl (C=O) groups excluding carboxylic acids is 2. The van der Waals surface area contributed by atoms with Crippen LogP contribution in [0.5, 0.6) is 5.75 Å². The summed E-state index contributed by atoms with van der Waals surface area (Å²) in [5, 5.41) is 2.93. The van der Waals surface area contributed by atoms with Gasteiger partial charge < -0.3 is 24.3 Å². The monoisotopic (exact) mass is 433 g/mol. The summed E-state index contributed by atoms with van der Waals surface area (Å²) in [6, 6.07) is 18.4. The number of amides is 2. The molecule has 1 fully saturated rings. The molecule has 1 aliphatic heterocycles. The van der Waals surface area contributed by atoms with Crippen molar-refractivity contribution in [2.75, 3.05) is 43.0 Å². The Morgan fingerprint density at radius 3 is 2.47 bits per heavy atom. The molecule has 4 rings (SSSR count). The van der Waals surface area contributed by atoms with Gasteiger partial charge in [0.2, 0.25) is 0 Å². The second kappa shape index (κ2) is 10.0. The highest BCUT2D eigenvalue weighted by Crippen LogP contribution is 2.21. The Labute approximate surface area is 187 Å². The van der Waals surface area contributed by atoms with Crippen molar-refractivity contribution in [3.8, 4) is 5.75 Å². The molecular formula is C25H27N3O4. The highest BCUT2D eigenvalue weighted by Gasteiger charge is 2.23. The van der Waals surface area contributed by atoms with E-state index in [1.54, 1.807) is 24.3 Å². The van der Waals surface area contributed by atoms with Crippen molar-refractivity contribution in [3.05, 3.63) is 78.3 Å². The van der Waals surface area contributed by atoms with Gasteiger partial charge in [-0.1, -0.05) is 13.0 Å². The van der Waals surface area contributed by atoms with Crippen molar-refractivity contribution in [1.82, 2.24) is 4.90 Å². The van der Waals surface area contributed by atoms with E-state index < -0.39 is 0 Å². The smallest absolute Gasteiger partial charge is 0.289 e. The molecule has 1 aromatic heterocycles. The van der Waals surface area contributed by atoms with Gasteiger partial charge in [-0.25, -0.2) is 0 Å². The molecule has 0 spiro atoms. The van der Waals surface area contributed by atoms with Gasteiger partial charge >= 0.3 is 0 Å². The minimum atomic E-state index is -0.176. The zero-order chi connectivity index (χ0) is 22.3. The van der Waals surface area contributed by atoms with Gasteiger partial charge in [-0.15, -0.1) is 0 Å². The van der Waals surface area contributed by atoms with Gasteiger partial charge in [0.15, 0.2) is 5.76 Å². The number of hydrogen-bond acceptors (Lipinski definition) is 5. The van der Waals surface area contributed by atoms with Gasteiger partial charge in [-0.3, -0.25) is 9.59 Å². The Hall–Kier alpha value is -3.74. The third-order valence-electron chi connectivity index (χ3n) is 5.36. The highest BCUT2D eigenvalue weighted by molar-refractivity contribution is 6.04. The lowest BCUT2D eigenvalue weighted by atomic mass is 10.2. The number of hydrogen-bond donors (Lipinski definition) is 1. The molecule has 0 saturated carbocycles. The lowest BCUT2D eigenvalue weighted by Crippen LogP contribution is -2.48. The molecule has 0 unspecified atom stereocenters. The summed E-state index contributed by atoms with van der Waals surface area (Å²) in [6.45, 7) is 5.41. The fourth-order valence-corrected chi connectivity index (χ4v) is 3.63. The first kappa shape index (κ1) is 21.5. The molecule has 2 amide bonds. The lowest BCUT2D eigenvalue weighted by molar-refractivity contribution is 0.0714. The molecule has 1 aliphatic rings. The third kappa shape index (κ3) is 5.11. The number of carbonyl (C=O) groups is 2. The van der Waals surface area contributed by atoms with E-state index in [0.717, 1.165) is 30.9 Å². The van der Waals surface area contributed by atoms with E-state index in [2.05, 4.69) is 10.2 Å². The number of nitrogens with one attached hydrogen (secondary N) is 1. The maximum absolute atomic E-state index is 12.6. The largest absolute Gasteiger partial charge is 0.494 e. The van der Waals surface area contributed by atoms with Gasteiger partial charge in [0.25, 0.3) is 11.8 Å². The van der Waals surface area contributed by atoms with Crippen molar-refractivity contribution in [2.24, 2.45) is 0 Å². The van der Waals surface area contributed by atoms with Gasteiger partial charge in [0.1, 0.15) is 5.75 Å². The van der Waals surface area contributed by atoms with Crippen LogP contribution in [0.4, 0.5) is 11.4 Å². The molecule has 0 aliphatic carbocycles. The van der Waals surface area contributed by atoms with E-state index in [0.29, 0.717) is 36.8 Å². The topological polar surface area (TPSA) is 75.0 Å². The Morgan fingerprint density at radius 1 is 1.00 bits per heavy atom. The zero-order valence-electron chi connectivity index (χ0n) is 18.1. The average molecular weight is 434 g/mol. The quantitative estimate of drug-likeness (QED) is 0.602. The number of nitrogens with zero attached hydrogens (tertiary/aromatic N) is 2. The van der Waals surface area contributed by atoms with Crippen molar-refractivity contribution in [2.45, 2.75) is 13.3 Å². The molecule has 1 saturated heterocycles. The molecule has 7 heteroatoms. The van der Waals surface area contributed by atoms with E-state index in [1.807, 2.05) is 48.2 Å². The summed E-state index contributed by atoms with van der Waals surface area (Å²) in [6.07, 6.45) is 2.43. The summed E-state index contributed by atoms with van der Waals surface area (Å²) in [4.78, 5) is 29.0. The molecule has 32 heavy (non-hydrogen) atoms. The van der Waals surface area contributed by atoms with Crippen molar-refractivity contribution in [1.29, 1.82) is 0 Å². The Bertz CT molecular complexity index is 1040. The van der Waals surface area contributed by atoms with Crippen LogP contribution in [-0.2, 0) is 0 Å². The Morgan fingerprint density at radius 2 is 1.78 bits per heavy atom. The summed E-state index contributed by atoms with van der Waals surface area (Å²) in [7, 11) is 0. The molecule has 166 valence electrons. The average Bonchev–Trinajstić information content (AvgIpc) is 3.38.